The molecular formula is C23H21F7N2O2. The second-order valence-corrected chi connectivity index (χ2v) is 7.89. The summed E-state index contributed by atoms with van der Waals surface area (Å²) in [7, 11) is 0. The molecule has 0 bridgehead atoms. The van der Waals surface area contributed by atoms with Crippen molar-refractivity contribution in [3.05, 3.63) is 70.5 Å². The summed E-state index contributed by atoms with van der Waals surface area (Å²) < 4.78 is 98.9. The molecule has 184 valence electrons. The molecule has 0 unspecified atom stereocenters. The zero-order valence-corrected chi connectivity index (χ0v) is 18.1. The Kier molecular flexibility index (Phi) is 7.13. The molecule has 11 heteroatoms. The number of nitrogens with one attached hydrogen (secondary N) is 1. The number of hydrogen-bond donors (Lipinski definition) is 1. The van der Waals surface area contributed by atoms with Crippen LogP contribution in [-0.4, -0.2) is 18.7 Å². The quantitative estimate of drug-likeness (QED) is 0.482. The molecule has 0 aromatic heterocycles. The molecule has 1 aliphatic rings. The van der Waals surface area contributed by atoms with Crippen molar-refractivity contribution >= 4 is 17.5 Å². The van der Waals surface area contributed by atoms with E-state index in [1.54, 1.807) is 13.8 Å². The zero-order valence-electron chi connectivity index (χ0n) is 18.1. The van der Waals surface area contributed by atoms with E-state index < -0.39 is 48.0 Å². The molecule has 34 heavy (non-hydrogen) atoms. The van der Waals surface area contributed by atoms with Gasteiger partial charge in [0, 0.05) is 18.8 Å². The first kappa shape index (κ1) is 25.4. The standard InChI is InChI=1S/C23H21F7N2O2/c1-13(2)34-21(33)32-8-4-6-18(20-17(24)5-3-7-19(20)32)31-12-14-9-15(22(25,26)27)11-16(10-14)23(28,29)30/h3,5-7,9-11,13,31H,4,8,12H2,1-2H3. The number of benzene rings is 2. The van der Waals surface area contributed by atoms with Crippen LogP contribution in [0.3, 0.4) is 0 Å². The van der Waals surface area contributed by atoms with E-state index in [0.717, 1.165) is 6.07 Å². The minimum absolute atomic E-state index is 0.0382. The molecule has 1 aliphatic heterocycles. The molecule has 4 nitrogen and oxygen atoms in total. The minimum Gasteiger partial charge on any atom is -0.446 e. The van der Waals surface area contributed by atoms with Crippen molar-refractivity contribution in [2.75, 3.05) is 11.4 Å². The molecule has 3 rings (SSSR count). The second kappa shape index (κ2) is 9.55. The van der Waals surface area contributed by atoms with E-state index in [1.165, 1.54) is 23.1 Å². The molecule has 0 radical (unpaired) electrons. The summed E-state index contributed by atoms with van der Waals surface area (Å²) in [5.74, 6) is -0.722. The molecule has 0 saturated carbocycles. The van der Waals surface area contributed by atoms with Gasteiger partial charge >= 0.3 is 18.4 Å². The fourth-order valence-electron chi connectivity index (χ4n) is 3.50. The number of anilines is 1. The number of amides is 1. The van der Waals surface area contributed by atoms with Crippen LogP contribution in [0.2, 0.25) is 0 Å². The first-order chi connectivity index (χ1) is 15.8. The predicted octanol–water partition coefficient (Wildman–Crippen LogP) is 6.75. The Morgan fingerprint density at radius 3 is 2.24 bits per heavy atom. The summed E-state index contributed by atoms with van der Waals surface area (Å²) in [5.41, 5.74) is -2.91. The fourth-order valence-corrected chi connectivity index (χ4v) is 3.50. The summed E-state index contributed by atoms with van der Waals surface area (Å²) in [6.45, 7) is 2.99. The molecule has 0 fully saturated rings. The van der Waals surface area contributed by atoms with Gasteiger partial charge in [0.15, 0.2) is 0 Å². The van der Waals surface area contributed by atoms with E-state index in [-0.39, 0.29) is 41.5 Å². The average Bonchev–Trinajstić information content (AvgIpc) is 2.90. The van der Waals surface area contributed by atoms with Crippen molar-refractivity contribution < 1.29 is 40.3 Å². The molecule has 2 aromatic rings. The van der Waals surface area contributed by atoms with Gasteiger partial charge in [0.05, 0.1) is 28.5 Å². The minimum atomic E-state index is -4.98. The van der Waals surface area contributed by atoms with Crippen LogP contribution in [-0.2, 0) is 23.6 Å². The summed E-state index contributed by atoms with van der Waals surface area (Å²) in [6.07, 6.45) is -9.32. The van der Waals surface area contributed by atoms with Crippen molar-refractivity contribution in [1.29, 1.82) is 0 Å². The third-order valence-corrected chi connectivity index (χ3v) is 4.94. The van der Waals surface area contributed by atoms with Crippen LogP contribution in [0.15, 0.2) is 42.5 Å². The molecular weight excluding hydrogens is 469 g/mol. The maximum absolute atomic E-state index is 14.8. The highest BCUT2D eigenvalue weighted by Crippen LogP contribution is 2.37. The smallest absolute Gasteiger partial charge is 0.416 e. The van der Waals surface area contributed by atoms with Crippen LogP contribution in [0.5, 0.6) is 0 Å². The third kappa shape index (κ3) is 5.81. The molecule has 1 amide bonds. The third-order valence-electron chi connectivity index (χ3n) is 4.94. The number of carbonyl (C=O) groups is 1. The van der Waals surface area contributed by atoms with Crippen LogP contribution in [0.4, 0.5) is 41.2 Å². The Morgan fingerprint density at radius 1 is 1.06 bits per heavy atom. The summed E-state index contributed by atoms with van der Waals surface area (Å²) >= 11 is 0. The lowest BCUT2D eigenvalue weighted by Crippen LogP contribution is -2.34. The van der Waals surface area contributed by atoms with E-state index >= 15 is 0 Å². The number of ether oxygens (including phenoxy) is 1. The summed E-state index contributed by atoms with van der Waals surface area (Å²) in [5, 5.41) is 2.74. The molecule has 0 spiro atoms. The van der Waals surface area contributed by atoms with Crippen LogP contribution in [0.1, 0.15) is 42.5 Å². The number of nitrogens with zero attached hydrogens (tertiary/aromatic N) is 1. The van der Waals surface area contributed by atoms with Crippen LogP contribution < -0.4 is 10.2 Å². The Morgan fingerprint density at radius 2 is 1.68 bits per heavy atom. The number of rotatable bonds is 4. The second-order valence-electron chi connectivity index (χ2n) is 7.89. The van der Waals surface area contributed by atoms with Gasteiger partial charge in [-0.05, 0) is 56.2 Å². The van der Waals surface area contributed by atoms with E-state index in [1.807, 2.05) is 0 Å². The number of alkyl halides is 6. The van der Waals surface area contributed by atoms with Crippen molar-refractivity contribution in [1.82, 2.24) is 5.32 Å². The molecule has 1 N–H and O–H groups in total. The maximum atomic E-state index is 14.8. The van der Waals surface area contributed by atoms with Gasteiger partial charge in [-0.3, -0.25) is 4.90 Å². The lowest BCUT2D eigenvalue weighted by Gasteiger charge is -2.24. The lowest BCUT2D eigenvalue weighted by atomic mass is 10.0. The highest BCUT2D eigenvalue weighted by Gasteiger charge is 2.37. The van der Waals surface area contributed by atoms with Gasteiger partial charge in [-0.15, -0.1) is 0 Å². The number of hydrogen-bond acceptors (Lipinski definition) is 3. The Hall–Kier alpha value is -3.24. The van der Waals surface area contributed by atoms with Crippen LogP contribution in [0, 0.1) is 5.82 Å². The van der Waals surface area contributed by atoms with Crippen molar-refractivity contribution in [3.8, 4) is 0 Å². The number of carbonyl (C=O) groups excluding carboxylic acids is 1. The number of halogens is 7. The highest BCUT2D eigenvalue weighted by molar-refractivity contribution is 5.93. The van der Waals surface area contributed by atoms with E-state index in [4.69, 9.17) is 4.74 Å². The van der Waals surface area contributed by atoms with Crippen molar-refractivity contribution in [2.45, 2.75) is 45.3 Å². The van der Waals surface area contributed by atoms with Gasteiger partial charge in [-0.25, -0.2) is 9.18 Å². The summed E-state index contributed by atoms with van der Waals surface area (Å²) in [6, 6.07) is 5.25. The van der Waals surface area contributed by atoms with Gasteiger partial charge in [0.1, 0.15) is 5.82 Å². The van der Waals surface area contributed by atoms with Crippen LogP contribution in [0.25, 0.3) is 5.70 Å². The monoisotopic (exact) mass is 490 g/mol. The normalized spacial score (nSPS) is 14.4. The lowest BCUT2D eigenvalue weighted by molar-refractivity contribution is -0.143. The van der Waals surface area contributed by atoms with Gasteiger partial charge in [0.2, 0.25) is 0 Å². The highest BCUT2D eigenvalue weighted by atomic mass is 19.4. The molecule has 0 atom stereocenters. The molecule has 0 saturated heterocycles. The van der Waals surface area contributed by atoms with E-state index in [2.05, 4.69) is 5.32 Å². The summed E-state index contributed by atoms with van der Waals surface area (Å²) in [4.78, 5) is 13.7. The first-order valence-corrected chi connectivity index (χ1v) is 10.3. The van der Waals surface area contributed by atoms with Gasteiger partial charge < -0.3 is 10.1 Å². The Bertz CT molecular complexity index is 1060. The van der Waals surface area contributed by atoms with E-state index in [9.17, 15) is 35.5 Å². The maximum Gasteiger partial charge on any atom is 0.416 e. The molecule has 1 heterocycles. The average molecular weight is 490 g/mol. The Labute approximate surface area is 191 Å². The van der Waals surface area contributed by atoms with Gasteiger partial charge in [-0.2, -0.15) is 26.3 Å². The van der Waals surface area contributed by atoms with Crippen molar-refractivity contribution in [2.24, 2.45) is 0 Å². The van der Waals surface area contributed by atoms with Crippen LogP contribution >= 0.6 is 0 Å². The van der Waals surface area contributed by atoms with E-state index in [0.29, 0.717) is 12.1 Å². The number of fused-ring (bicyclic) bond motifs is 1. The topological polar surface area (TPSA) is 41.6 Å². The predicted molar refractivity (Wildman–Crippen MR) is 111 cm³/mol. The first-order valence-electron chi connectivity index (χ1n) is 10.3. The van der Waals surface area contributed by atoms with Crippen molar-refractivity contribution in [3.63, 3.8) is 0 Å². The zero-order chi connectivity index (χ0) is 25.3. The Balaban J connectivity index is 1.94. The molecule has 2 aromatic carbocycles. The van der Waals surface area contributed by atoms with Gasteiger partial charge in [0.25, 0.3) is 0 Å². The fraction of sp³-hybridized carbons (Fsp3) is 0.348. The SMILES string of the molecule is CC(C)OC(=O)N1CCC=C(NCc2cc(C(F)(F)F)cc(C(F)(F)F)c2)c2c(F)cccc21. The largest absolute Gasteiger partial charge is 0.446 e. The molecule has 0 aliphatic carbocycles. The van der Waals surface area contributed by atoms with Gasteiger partial charge in [-0.1, -0.05) is 12.1 Å².